The van der Waals surface area contributed by atoms with E-state index in [0.717, 1.165) is 18.1 Å². The minimum Gasteiger partial charge on any atom is -0.494 e. The molecule has 1 aliphatic carbocycles. The van der Waals surface area contributed by atoms with E-state index in [1.54, 1.807) is 20.8 Å². The van der Waals surface area contributed by atoms with Gasteiger partial charge in [0.2, 0.25) is 0 Å². The summed E-state index contributed by atoms with van der Waals surface area (Å²) >= 11 is 0. The molecular formula is C24H38O4S. The fourth-order valence-corrected chi connectivity index (χ4v) is 5.34. The third-order valence-corrected chi connectivity index (χ3v) is 6.95. The molecular weight excluding hydrogens is 384 g/mol. The van der Waals surface area contributed by atoms with Crippen LogP contribution in [0.15, 0.2) is 36.9 Å². The van der Waals surface area contributed by atoms with Gasteiger partial charge in [-0.1, -0.05) is 24.6 Å². The molecule has 0 radical (unpaired) electrons. The van der Waals surface area contributed by atoms with Crippen LogP contribution in [-0.4, -0.2) is 26.4 Å². The smallest absolute Gasteiger partial charge is 0.267 e. The van der Waals surface area contributed by atoms with Crippen molar-refractivity contribution in [2.45, 2.75) is 83.7 Å². The first kappa shape index (κ1) is 23.9. The van der Waals surface area contributed by atoms with E-state index < -0.39 is 15.7 Å². The number of hydrogen-bond acceptors (Lipinski definition) is 4. The Balaban J connectivity index is 1.71. The Kier molecular flexibility index (Phi) is 9.22. The van der Waals surface area contributed by atoms with E-state index in [0.29, 0.717) is 18.9 Å². The molecule has 0 atom stereocenters. The zero-order chi connectivity index (χ0) is 21.3. The lowest BCUT2D eigenvalue weighted by molar-refractivity contribution is 0.139. The lowest BCUT2D eigenvalue weighted by Crippen LogP contribution is -2.26. The monoisotopic (exact) mass is 422 g/mol. The largest absolute Gasteiger partial charge is 0.494 e. The molecule has 1 fully saturated rings. The highest BCUT2D eigenvalue weighted by atomic mass is 32.2. The highest BCUT2D eigenvalue weighted by Gasteiger charge is 2.23. The van der Waals surface area contributed by atoms with Gasteiger partial charge in [0.25, 0.3) is 10.1 Å². The van der Waals surface area contributed by atoms with E-state index >= 15 is 0 Å². The SMILES string of the molecule is C=CCCC[C@H]1CC[C@H](c2ccc(OCCCS(=O)(=O)OC(C)(C)C)cc2)CC1. The average Bonchev–Trinajstić information content (AvgIpc) is 2.65. The van der Waals surface area contributed by atoms with Crippen LogP contribution in [-0.2, 0) is 14.3 Å². The van der Waals surface area contributed by atoms with Crippen LogP contribution in [0.4, 0.5) is 0 Å². The summed E-state index contributed by atoms with van der Waals surface area (Å²) in [6, 6.07) is 8.34. The number of ether oxygens (including phenoxy) is 1. The Bertz CT molecular complexity index is 708. The fraction of sp³-hybridized carbons (Fsp3) is 0.667. The topological polar surface area (TPSA) is 52.6 Å². The molecule has 164 valence electrons. The maximum atomic E-state index is 11.9. The third-order valence-electron chi connectivity index (χ3n) is 5.40. The summed E-state index contributed by atoms with van der Waals surface area (Å²) in [6.45, 7) is 9.37. The molecule has 4 nitrogen and oxygen atoms in total. The first-order valence-corrected chi connectivity index (χ1v) is 12.5. The molecule has 1 aliphatic rings. The Morgan fingerprint density at radius 1 is 1.07 bits per heavy atom. The predicted octanol–water partition coefficient (Wildman–Crippen LogP) is 6.23. The van der Waals surface area contributed by atoms with Gasteiger partial charge in [-0.15, -0.1) is 6.58 Å². The molecule has 29 heavy (non-hydrogen) atoms. The van der Waals surface area contributed by atoms with Crippen LogP contribution < -0.4 is 4.74 Å². The van der Waals surface area contributed by atoms with Crippen LogP contribution in [0.1, 0.15) is 83.6 Å². The van der Waals surface area contributed by atoms with Gasteiger partial charge in [0.05, 0.1) is 18.0 Å². The van der Waals surface area contributed by atoms with E-state index in [2.05, 4.69) is 18.7 Å². The van der Waals surface area contributed by atoms with Gasteiger partial charge >= 0.3 is 0 Å². The standard InChI is InChI=1S/C24H38O4S/c1-5-6-7-9-20-10-12-21(13-11-20)22-14-16-23(17-15-22)27-18-8-19-29(25,26)28-24(2,3)4/h5,14-17,20-21H,1,6-13,18-19H2,2-4H3/t20-,21-. The lowest BCUT2D eigenvalue weighted by atomic mass is 9.77. The molecule has 0 aliphatic heterocycles. The molecule has 1 aromatic rings. The summed E-state index contributed by atoms with van der Waals surface area (Å²) in [7, 11) is -3.51. The van der Waals surface area contributed by atoms with E-state index in [4.69, 9.17) is 8.92 Å². The average molecular weight is 423 g/mol. The van der Waals surface area contributed by atoms with Crippen molar-refractivity contribution in [2.24, 2.45) is 5.92 Å². The van der Waals surface area contributed by atoms with Crippen molar-refractivity contribution in [1.29, 1.82) is 0 Å². The van der Waals surface area contributed by atoms with Crippen LogP contribution in [0.5, 0.6) is 5.75 Å². The maximum absolute atomic E-state index is 11.9. The maximum Gasteiger partial charge on any atom is 0.267 e. The molecule has 1 saturated carbocycles. The minimum atomic E-state index is -3.51. The van der Waals surface area contributed by atoms with Crippen molar-refractivity contribution in [1.82, 2.24) is 0 Å². The Morgan fingerprint density at radius 2 is 1.72 bits per heavy atom. The molecule has 0 spiro atoms. The molecule has 0 bridgehead atoms. The Labute approximate surface area is 177 Å². The van der Waals surface area contributed by atoms with Crippen molar-refractivity contribution in [2.75, 3.05) is 12.4 Å². The molecule has 0 N–H and O–H groups in total. The first-order chi connectivity index (χ1) is 13.7. The second-order valence-corrected chi connectivity index (χ2v) is 10.9. The second kappa shape index (κ2) is 11.2. The molecule has 0 saturated heterocycles. The van der Waals surface area contributed by atoms with Crippen molar-refractivity contribution < 1.29 is 17.3 Å². The lowest BCUT2D eigenvalue weighted by Gasteiger charge is -2.29. The van der Waals surface area contributed by atoms with Crippen LogP contribution in [0.25, 0.3) is 0 Å². The van der Waals surface area contributed by atoms with Gasteiger partial charge in [-0.25, -0.2) is 0 Å². The Morgan fingerprint density at radius 3 is 2.31 bits per heavy atom. The summed E-state index contributed by atoms with van der Waals surface area (Å²) in [5.74, 6) is 2.30. The molecule has 0 heterocycles. The summed E-state index contributed by atoms with van der Waals surface area (Å²) in [5, 5.41) is 0. The predicted molar refractivity (Wildman–Crippen MR) is 120 cm³/mol. The minimum absolute atomic E-state index is 0.0294. The van der Waals surface area contributed by atoms with Crippen LogP contribution in [0.3, 0.4) is 0 Å². The quantitative estimate of drug-likeness (QED) is 0.241. The number of hydrogen-bond donors (Lipinski definition) is 0. The van der Waals surface area contributed by atoms with E-state index in [1.165, 1.54) is 44.1 Å². The molecule has 1 aromatic carbocycles. The van der Waals surface area contributed by atoms with Gasteiger partial charge in [-0.3, -0.25) is 4.18 Å². The van der Waals surface area contributed by atoms with Gasteiger partial charge in [0.1, 0.15) is 5.75 Å². The number of rotatable bonds is 11. The second-order valence-electron chi connectivity index (χ2n) is 9.17. The highest BCUT2D eigenvalue weighted by molar-refractivity contribution is 7.86. The van der Waals surface area contributed by atoms with Crippen molar-refractivity contribution in [3.8, 4) is 5.75 Å². The van der Waals surface area contributed by atoms with Gasteiger partial charge < -0.3 is 4.74 Å². The van der Waals surface area contributed by atoms with E-state index in [1.807, 2.05) is 18.2 Å². The number of benzene rings is 1. The van der Waals surface area contributed by atoms with Crippen LogP contribution in [0, 0.1) is 5.92 Å². The zero-order valence-corrected chi connectivity index (χ0v) is 19.2. The van der Waals surface area contributed by atoms with E-state index in [9.17, 15) is 8.42 Å². The van der Waals surface area contributed by atoms with Gasteiger partial charge in [-0.2, -0.15) is 8.42 Å². The zero-order valence-electron chi connectivity index (χ0n) is 18.4. The fourth-order valence-electron chi connectivity index (χ4n) is 4.02. The van der Waals surface area contributed by atoms with E-state index in [-0.39, 0.29) is 5.75 Å². The van der Waals surface area contributed by atoms with Crippen molar-refractivity contribution >= 4 is 10.1 Å². The summed E-state index contributed by atoms with van der Waals surface area (Å²) < 4.78 is 34.6. The molecule has 0 aromatic heterocycles. The molecule has 0 unspecified atom stereocenters. The Hall–Kier alpha value is -1.33. The highest BCUT2D eigenvalue weighted by Crippen LogP contribution is 2.38. The van der Waals surface area contributed by atoms with Crippen LogP contribution >= 0.6 is 0 Å². The normalized spacial score (nSPS) is 20.4. The summed E-state index contributed by atoms with van der Waals surface area (Å²) in [6.07, 6.45) is 11.4. The number of allylic oxidation sites excluding steroid dienone is 1. The molecule has 2 rings (SSSR count). The summed E-state index contributed by atoms with van der Waals surface area (Å²) in [4.78, 5) is 0. The van der Waals surface area contributed by atoms with Crippen molar-refractivity contribution in [3.05, 3.63) is 42.5 Å². The van der Waals surface area contributed by atoms with Gasteiger partial charge in [0, 0.05) is 0 Å². The van der Waals surface area contributed by atoms with Gasteiger partial charge in [-0.05, 0) is 95.2 Å². The summed E-state index contributed by atoms with van der Waals surface area (Å²) in [5.41, 5.74) is 0.698. The molecule has 5 heteroatoms. The van der Waals surface area contributed by atoms with Crippen molar-refractivity contribution in [3.63, 3.8) is 0 Å². The number of unbranched alkanes of at least 4 members (excludes halogenated alkanes) is 1. The van der Waals surface area contributed by atoms with Gasteiger partial charge in [0.15, 0.2) is 0 Å². The van der Waals surface area contributed by atoms with Crippen LogP contribution in [0.2, 0.25) is 0 Å². The molecule has 0 amide bonds. The first-order valence-electron chi connectivity index (χ1n) is 11.0. The third kappa shape index (κ3) is 9.35.